The summed E-state index contributed by atoms with van der Waals surface area (Å²) in [5.74, 6) is -1.80. The number of aliphatic hydroxyl groups is 1. The number of hydrogen-bond acceptors (Lipinski definition) is 5. The monoisotopic (exact) mass is 448 g/mol. The summed E-state index contributed by atoms with van der Waals surface area (Å²) >= 11 is 0. The molecule has 1 aliphatic rings. The van der Waals surface area contributed by atoms with E-state index >= 15 is 0 Å². The smallest absolute Gasteiger partial charge is 0.416 e. The van der Waals surface area contributed by atoms with Crippen molar-refractivity contribution >= 4 is 18.0 Å². The van der Waals surface area contributed by atoms with Gasteiger partial charge in [-0.3, -0.25) is 4.79 Å². The van der Waals surface area contributed by atoms with Crippen molar-refractivity contribution in [3.8, 4) is 0 Å². The maximum Gasteiger partial charge on any atom is 0.416 e. The van der Waals surface area contributed by atoms with Gasteiger partial charge in [0.1, 0.15) is 6.61 Å². The molecule has 2 aromatic carbocycles. The standard InChI is InChI=1S/C24H23F3O5/c1-2-20(17-8-4-3-5-9-17)22(30)31-15-23(14-28)13-18(21(29)32-23)11-16-7-6-10-19(12-16)24(25,26)27/h3-12,20,28H,2,13-15H2,1H3/b18-11-. The molecule has 0 bridgehead atoms. The second kappa shape index (κ2) is 9.56. The Kier molecular flexibility index (Phi) is 7.03. The third-order valence-corrected chi connectivity index (χ3v) is 5.30. The number of ether oxygens (including phenoxy) is 2. The first-order chi connectivity index (χ1) is 15.2. The summed E-state index contributed by atoms with van der Waals surface area (Å²) in [6.07, 6.45) is -2.83. The number of aliphatic hydroxyl groups excluding tert-OH is 1. The number of carbonyl (C=O) groups excluding carboxylic acids is 2. The SMILES string of the molecule is CCC(C(=O)OCC1(CO)C/C(=C/c2cccc(C(F)(F)F)c2)C(=O)O1)c1ccccc1. The van der Waals surface area contributed by atoms with Crippen LogP contribution in [0.3, 0.4) is 0 Å². The number of cyclic esters (lactones) is 1. The van der Waals surface area contributed by atoms with Gasteiger partial charge in [-0.15, -0.1) is 0 Å². The lowest BCUT2D eigenvalue weighted by molar-refractivity contribution is -0.167. The quantitative estimate of drug-likeness (QED) is 0.499. The molecule has 1 heterocycles. The summed E-state index contributed by atoms with van der Waals surface area (Å²) in [4.78, 5) is 24.9. The van der Waals surface area contributed by atoms with Crippen molar-refractivity contribution in [1.82, 2.24) is 0 Å². The second-order valence-electron chi connectivity index (χ2n) is 7.68. The number of alkyl halides is 3. The molecule has 1 aliphatic heterocycles. The fraction of sp³-hybridized carbons (Fsp3) is 0.333. The molecule has 3 rings (SSSR count). The van der Waals surface area contributed by atoms with Crippen LogP contribution in [0, 0.1) is 0 Å². The Hall–Kier alpha value is -3.13. The van der Waals surface area contributed by atoms with Crippen LogP contribution in [0.4, 0.5) is 13.2 Å². The maximum absolute atomic E-state index is 12.9. The van der Waals surface area contributed by atoms with Crippen LogP contribution >= 0.6 is 0 Å². The molecule has 0 aromatic heterocycles. The fourth-order valence-corrected chi connectivity index (χ4v) is 3.57. The predicted molar refractivity (Wildman–Crippen MR) is 110 cm³/mol. The molecule has 32 heavy (non-hydrogen) atoms. The van der Waals surface area contributed by atoms with Gasteiger partial charge in [-0.2, -0.15) is 13.2 Å². The normalized spacial score (nSPS) is 20.8. The second-order valence-corrected chi connectivity index (χ2v) is 7.68. The molecule has 8 heteroatoms. The number of rotatable bonds is 7. The highest BCUT2D eigenvalue weighted by Gasteiger charge is 2.45. The molecule has 2 atom stereocenters. The molecule has 0 aliphatic carbocycles. The van der Waals surface area contributed by atoms with E-state index in [1.807, 2.05) is 37.3 Å². The van der Waals surface area contributed by atoms with Crippen LogP contribution in [0.5, 0.6) is 0 Å². The first-order valence-electron chi connectivity index (χ1n) is 10.1. The van der Waals surface area contributed by atoms with E-state index in [1.165, 1.54) is 18.2 Å². The van der Waals surface area contributed by atoms with Crippen molar-refractivity contribution in [1.29, 1.82) is 0 Å². The van der Waals surface area contributed by atoms with Crippen molar-refractivity contribution in [2.75, 3.05) is 13.2 Å². The molecule has 5 nitrogen and oxygen atoms in total. The van der Waals surface area contributed by atoms with Gasteiger partial charge in [-0.05, 0) is 35.8 Å². The van der Waals surface area contributed by atoms with Gasteiger partial charge in [0, 0.05) is 12.0 Å². The van der Waals surface area contributed by atoms with Crippen LogP contribution in [0.1, 0.15) is 42.4 Å². The topological polar surface area (TPSA) is 72.8 Å². The molecule has 1 saturated heterocycles. The van der Waals surface area contributed by atoms with Crippen LogP contribution in [-0.2, 0) is 25.2 Å². The summed E-state index contributed by atoms with van der Waals surface area (Å²) in [6, 6.07) is 13.6. The maximum atomic E-state index is 12.9. The summed E-state index contributed by atoms with van der Waals surface area (Å²) in [7, 11) is 0. The van der Waals surface area contributed by atoms with Gasteiger partial charge in [0.25, 0.3) is 0 Å². The Bertz CT molecular complexity index is 1000. The average molecular weight is 448 g/mol. The van der Waals surface area contributed by atoms with Gasteiger partial charge in [0.2, 0.25) is 0 Å². The van der Waals surface area contributed by atoms with E-state index in [2.05, 4.69) is 0 Å². The lowest BCUT2D eigenvalue weighted by Gasteiger charge is -2.25. The molecule has 1 N–H and O–H groups in total. The third kappa shape index (κ3) is 5.37. The largest absolute Gasteiger partial charge is 0.461 e. The van der Waals surface area contributed by atoms with E-state index in [4.69, 9.17) is 9.47 Å². The zero-order chi connectivity index (χ0) is 23.4. The van der Waals surface area contributed by atoms with Crippen molar-refractivity contribution in [3.05, 3.63) is 76.9 Å². The van der Waals surface area contributed by atoms with Crippen LogP contribution in [-0.4, -0.2) is 35.9 Å². The molecule has 0 radical (unpaired) electrons. The molecule has 2 aromatic rings. The minimum absolute atomic E-state index is 0.0875. The minimum Gasteiger partial charge on any atom is -0.461 e. The highest BCUT2D eigenvalue weighted by molar-refractivity contribution is 5.96. The van der Waals surface area contributed by atoms with Crippen molar-refractivity contribution < 1.29 is 37.3 Å². The van der Waals surface area contributed by atoms with Crippen molar-refractivity contribution in [2.24, 2.45) is 0 Å². The first kappa shape index (κ1) is 23.5. The number of esters is 2. The zero-order valence-corrected chi connectivity index (χ0v) is 17.4. The molecule has 0 saturated carbocycles. The van der Waals surface area contributed by atoms with Crippen LogP contribution in [0.25, 0.3) is 6.08 Å². The molecule has 170 valence electrons. The molecule has 2 unspecified atom stereocenters. The van der Waals surface area contributed by atoms with E-state index < -0.39 is 41.8 Å². The van der Waals surface area contributed by atoms with E-state index in [0.717, 1.165) is 17.7 Å². The van der Waals surface area contributed by atoms with Gasteiger partial charge in [0.05, 0.1) is 18.1 Å². The number of benzene rings is 2. The van der Waals surface area contributed by atoms with E-state index in [-0.39, 0.29) is 24.2 Å². The van der Waals surface area contributed by atoms with Gasteiger partial charge in [-0.1, -0.05) is 49.4 Å². The van der Waals surface area contributed by atoms with Gasteiger partial charge in [0.15, 0.2) is 5.60 Å². The lowest BCUT2D eigenvalue weighted by Crippen LogP contribution is -2.39. The zero-order valence-electron chi connectivity index (χ0n) is 17.4. The molecular formula is C24H23F3O5. The number of hydrogen-bond donors (Lipinski definition) is 1. The Morgan fingerprint density at radius 3 is 2.56 bits per heavy atom. The number of carbonyl (C=O) groups is 2. The fourth-order valence-electron chi connectivity index (χ4n) is 3.57. The van der Waals surface area contributed by atoms with Crippen LogP contribution in [0.15, 0.2) is 60.2 Å². The third-order valence-electron chi connectivity index (χ3n) is 5.30. The van der Waals surface area contributed by atoms with Crippen molar-refractivity contribution in [3.63, 3.8) is 0 Å². The van der Waals surface area contributed by atoms with E-state index in [0.29, 0.717) is 6.42 Å². The van der Waals surface area contributed by atoms with Gasteiger partial charge >= 0.3 is 18.1 Å². The highest BCUT2D eigenvalue weighted by Crippen LogP contribution is 2.34. The Morgan fingerprint density at radius 2 is 1.94 bits per heavy atom. The summed E-state index contributed by atoms with van der Waals surface area (Å²) in [6.45, 7) is 0.873. The van der Waals surface area contributed by atoms with Crippen LogP contribution < -0.4 is 0 Å². The summed E-state index contributed by atoms with van der Waals surface area (Å²) in [5.41, 5.74) is -1.27. The summed E-state index contributed by atoms with van der Waals surface area (Å²) in [5, 5.41) is 9.85. The average Bonchev–Trinajstić information content (AvgIpc) is 3.09. The van der Waals surface area contributed by atoms with Gasteiger partial charge < -0.3 is 14.6 Å². The Balaban J connectivity index is 1.73. The van der Waals surface area contributed by atoms with E-state index in [1.54, 1.807) is 0 Å². The van der Waals surface area contributed by atoms with Crippen LogP contribution in [0.2, 0.25) is 0 Å². The first-order valence-corrected chi connectivity index (χ1v) is 10.1. The molecule has 1 fully saturated rings. The molecule has 0 amide bonds. The summed E-state index contributed by atoms with van der Waals surface area (Å²) < 4.78 is 49.5. The van der Waals surface area contributed by atoms with Gasteiger partial charge in [-0.25, -0.2) is 4.79 Å². The minimum atomic E-state index is -4.51. The molecular weight excluding hydrogens is 425 g/mol. The van der Waals surface area contributed by atoms with E-state index in [9.17, 15) is 27.9 Å². The predicted octanol–water partition coefficient (Wildman–Crippen LogP) is 4.50. The Labute approximate surface area is 183 Å². The molecule has 0 spiro atoms. The van der Waals surface area contributed by atoms with Crippen molar-refractivity contribution in [2.45, 2.75) is 37.5 Å². The highest BCUT2D eigenvalue weighted by atomic mass is 19.4. The number of halogens is 3. The Morgan fingerprint density at radius 1 is 1.22 bits per heavy atom. The lowest BCUT2D eigenvalue weighted by atomic mass is 9.96.